The number of pyridine rings is 1. The van der Waals surface area contributed by atoms with Crippen molar-refractivity contribution in [2.75, 3.05) is 5.73 Å². The van der Waals surface area contributed by atoms with Crippen LogP contribution in [0.25, 0.3) is 0 Å². The van der Waals surface area contributed by atoms with Gasteiger partial charge in [0.05, 0.1) is 35.0 Å². The van der Waals surface area contributed by atoms with Gasteiger partial charge in [0.25, 0.3) is 6.43 Å². The number of nitrogens with zero attached hydrogens (tertiary/aromatic N) is 3. The van der Waals surface area contributed by atoms with Gasteiger partial charge in [-0.3, -0.25) is 4.98 Å². The van der Waals surface area contributed by atoms with E-state index in [1.54, 1.807) is 12.1 Å². The highest BCUT2D eigenvalue weighted by Gasteiger charge is 2.17. The third-order valence-corrected chi connectivity index (χ3v) is 1.82. The van der Waals surface area contributed by atoms with E-state index in [0.717, 1.165) is 6.20 Å². The summed E-state index contributed by atoms with van der Waals surface area (Å²) in [5, 5.41) is 17.1. The van der Waals surface area contributed by atoms with Crippen LogP contribution in [-0.2, 0) is 6.42 Å². The number of nitriles is 2. The second kappa shape index (κ2) is 4.34. The van der Waals surface area contributed by atoms with E-state index in [1.165, 1.54) is 0 Å². The Balaban J connectivity index is 3.35. The Morgan fingerprint density at radius 2 is 2.13 bits per heavy atom. The van der Waals surface area contributed by atoms with Crippen LogP contribution in [-0.4, -0.2) is 4.98 Å². The van der Waals surface area contributed by atoms with E-state index in [4.69, 9.17) is 16.3 Å². The minimum Gasteiger partial charge on any atom is -0.397 e. The van der Waals surface area contributed by atoms with Crippen molar-refractivity contribution >= 4 is 5.69 Å². The molecule has 1 heterocycles. The first-order valence-corrected chi connectivity index (χ1v) is 3.94. The molecule has 0 amide bonds. The van der Waals surface area contributed by atoms with Crippen LogP contribution in [0.2, 0.25) is 0 Å². The predicted octanol–water partition coefficient (Wildman–Crippen LogP) is 1.54. The SMILES string of the molecule is N#CCc1ncc(C(F)F)c(N)c1C#N. The lowest BCUT2D eigenvalue weighted by Crippen LogP contribution is -2.04. The van der Waals surface area contributed by atoms with Crippen molar-refractivity contribution in [3.8, 4) is 12.1 Å². The molecule has 0 spiro atoms. The van der Waals surface area contributed by atoms with Gasteiger partial charge in [0.2, 0.25) is 0 Å². The number of aromatic nitrogens is 1. The Labute approximate surface area is 84.6 Å². The zero-order valence-electron chi connectivity index (χ0n) is 7.54. The van der Waals surface area contributed by atoms with Crippen molar-refractivity contribution in [1.29, 1.82) is 10.5 Å². The first-order valence-electron chi connectivity index (χ1n) is 3.94. The maximum atomic E-state index is 12.4. The summed E-state index contributed by atoms with van der Waals surface area (Å²) in [6.45, 7) is 0. The molecule has 0 fully saturated rings. The zero-order valence-corrected chi connectivity index (χ0v) is 7.54. The molecular formula is C9H6F2N4. The van der Waals surface area contributed by atoms with Gasteiger partial charge in [0.15, 0.2) is 0 Å². The Morgan fingerprint density at radius 3 is 2.60 bits per heavy atom. The van der Waals surface area contributed by atoms with Gasteiger partial charge < -0.3 is 5.73 Å². The van der Waals surface area contributed by atoms with Crippen LogP contribution in [0.3, 0.4) is 0 Å². The summed E-state index contributed by atoms with van der Waals surface area (Å²) in [5.41, 5.74) is 4.58. The first kappa shape index (κ1) is 10.9. The molecule has 1 aromatic rings. The van der Waals surface area contributed by atoms with Gasteiger partial charge in [-0.2, -0.15) is 10.5 Å². The van der Waals surface area contributed by atoms with E-state index in [-0.39, 0.29) is 23.4 Å². The monoisotopic (exact) mass is 208 g/mol. The summed E-state index contributed by atoms with van der Waals surface area (Å²) in [7, 11) is 0. The van der Waals surface area contributed by atoms with Gasteiger partial charge in [0, 0.05) is 6.20 Å². The molecule has 0 aromatic carbocycles. The second-order valence-electron chi connectivity index (χ2n) is 2.70. The number of hydrogen-bond acceptors (Lipinski definition) is 4. The summed E-state index contributed by atoms with van der Waals surface area (Å²) >= 11 is 0. The molecule has 0 unspecified atom stereocenters. The van der Waals surface area contributed by atoms with E-state index in [9.17, 15) is 8.78 Å². The fourth-order valence-corrected chi connectivity index (χ4v) is 1.09. The van der Waals surface area contributed by atoms with Crippen molar-refractivity contribution in [2.45, 2.75) is 12.8 Å². The second-order valence-corrected chi connectivity index (χ2v) is 2.70. The Hall–Kier alpha value is -2.21. The molecule has 0 saturated heterocycles. The molecule has 0 radical (unpaired) electrons. The van der Waals surface area contributed by atoms with Crippen LogP contribution in [0, 0.1) is 22.7 Å². The predicted molar refractivity (Wildman–Crippen MR) is 47.6 cm³/mol. The van der Waals surface area contributed by atoms with Gasteiger partial charge >= 0.3 is 0 Å². The van der Waals surface area contributed by atoms with Crippen molar-refractivity contribution < 1.29 is 8.78 Å². The number of halogens is 2. The number of anilines is 1. The number of nitrogens with two attached hydrogens (primary N) is 1. The van der Waals surface area contributed by atoms with Crippen LogP contribution < -0.4 is 5.73 Å². The van der Waals surface area contributed by atoms with Crippen LogP contribution in [0.5, 0.6) is 0 Å². The molecule has 15 heavy (non-hydrogen) atoms. The molecule has 76 valence electrons. The van der Waals surface area contributed by atoms with E-state index < -0.39 is 12.0 Å². The third-order valence-electron chi connectivity index (χ3n) is 1.82. The molecule has 0 aliphatic rings. The van der Waals surface area contributed by atoms with E-state index in [1.807, 2.05) is 0 Å². The Bertz CT molecular complexity index is 456. The number of rotatable bonds is 2. The minimum atomic E-state index is -2.78. The summed E-state index contributed by atoms with van der Waals surface area (Å²) in [6.07, 6.45) is -2.01. The van der Waals surface area contributed by atoms with Crippen LogP contribution in [0.15, 0.2) is 6.20 Å². The third kappa shape index (κ3) is 2.00. The molecule has 4 nitrogen and oxygen atoms in total. The van der Waals surface area contributed by atoms with Crippen molar-refractivity contribution in [3.05, 3.63) is 23.0 Å². The van der Waals surface area contributed by atoms with Crippen molar-refractivity contribution in [1.82, 2.24) is 4.98 Å². The highest BCUT2D eigenvalue weighted by atomic mass is 19.3. The van der Waals surface area contributed by atoms with Crippen LogP contribution in [0.4, 0.5) is 14.5 Å². The van der Waals surface area contributed by atoms with Gasteiger partial charge in [-0.25, -0.2) is 8.78 Å². The lowest BCUT2D eigenvalue weighted by Gasteiger charge is -2.07. The smallest absolute Gasteiger partial charge is 0.267 e. The van der Waals surface area contributed by atoms with Gasteiger partial charge in [-0.15, -0.1) is 0 Å². The maximum absolute atomic E-state index is 12.4. The fraction of sp³-hybridized carbons (Fsp3) is 0.222. The number of alkyl halides is 2. The van der Waals surface area contributed by atoms with E-state index in [0.29, 0.717) is 0 Å². The normalized spacial score (nSPS) is 9.67. The van der Waals surface area contributed by atoms with Gasteiger partial charge in [-0.1, -0.05) is 0 Å². The molecular weight excluding hydrogens is 202 g/mol. The highest BCUT2D eigenvalue weighted by molar-refractivity contribution is 5.61. The summed E-state index contributed by atoms with van der Waals surface area (Å²) in [4.78, 5) is 3.62. The minimum absolute atomic E-state index is 0.127. The lowest BCUT2D eigenvalue weighted by molar-refractivity contribution is 0.152. The molecule has 0 aliphatic heterocycles. The first-order chi connectivity index (χ1) is 7.11. The molecule has 0 saturated carbocycles. The average molecular weight is 208 g/mol. The topological polar surface area (TPSA) is 86.5 Å². The Morgan fingerprint density at radius 1 is 1.47 bits per heavy atom. The molecule has 0 aliphatic carbocycles. The largest absolute Gasteiger partial charge is 0.397 e. The summed E-state index contributed by atoms with van der Waals surface area (Å²) < 4.78 is 24.7. The van der Waals surface area contributed by atoms with Crippen molar-refractivity contribution in [2.24, 2.45) is 0 Å². The standard InChI is InChI=1S/C9H6F2N4/c10-9(11)6-4-15-7(1-2-12)5(3-13)8(6)14/h4,9H,1H2,(H2,14,15). The fourth-order valence-electron chi connectivity index (χ4n) is 1.09. The molecule has 0 atom stereocenters. The van der Waals surface area contributed by atoms with E-state index >= 15 is 0 Å². The van der Waals surface area contributed by atoms with Crippen LogP contribution in [0.1, 0.15) is 23.2 Å². The van der Waals surface area contributed by atoms with Crippen LogP contribution >= 0.6 is 0 Å². The molecule has 2 N–H and O–H groups in total. The molecule has 1 rings (SSSR count). The highest BCUT2D eigenvalue weighted by Crippen LogP contribution is 2.27. The zero-order chi connectivity index (χ0) is 11.4. The number of nitrogen functional groups attached to an aromatic ring is 1. The number of hydrogen-bond donors (Lipinski definition) is 1. The van der Waals surface area contributed by atoms with Crippen molar-refractivity contribution in [3.63, 3.8) is 0 Å². The quantitative estimate of drug-likeness (QED) is 0.798. The molecule has 6 heteroatoms. The average Bonchev–Trinajstić information content (AvgIpc) is 2.18. The molecule has 1 aromatic heterocycles. The van der Waals surface area contributed by atoms with Gasteiger partial charge in [-0.05, 0) is 0 Å². The van der Waals surface area contributed by atoms with Gasteiger partial charge in [0.1, 0.15) is 6.07 Å². The Kier molecular flexibility index (Phi) is 3.14. The molecule has 0 bridgehead atoms. The lowest BCUT2D eigenvalue weighted by atomic mass is 10.1. The summed E-state index contributed by atoms with van der Waals surface area (Å²) in [6, 6.07) is 3.45. The summed E-state index contributed by atoms with van der Waals surface area (Å²) in [5.74, 6) is 0. The van der Waals surface area contributed by atoms with E-state index in [2.05, 4.69) is 4.98 Å². The maximum Gasteiger partial charge on any atom is 0.267 e.